The summed E-state index contributed by atoms with van der Waals surface area (Å²) in [5.41, 5.74) is -0.0201. The molecule has 0 aliphatic carbocycles. The Balaban J connectivity index is 2.01. The Bertz CT molecular complexity index is 405. The highest BCUT2D eigenvalue weighted by molar-refractivity contribution is 9.11. The largest absolute Gasteiger partial charge is 0.330 e. The van der Waals surface area contributed by atoms with Gasteiger partial charge in [0, 0.05) is 6.54 Å². The Kier molecular flexibility index (Phi) is 1.77. The van der Waals surface area contributed by atoms with E-state index in [4.69, 9.17) is 0 Å². The molecule has 2 saturated heterocycles. The highest BCUT2D eigenvalue weighted by Gasteiger charge is 2.56. The lowest BCUT2D eigenvalue weighted by atomic mass is 9.85. The van der Waals surface area contributed by atoms with Crippen molar-refractivity contribution in [3.8, 4) is 0 Å². The average molecular weight is 273 g/mol. The number of carbonyl (C=O) groups is 1. The van der Waals surface area contributed by atoms with Crippen LogP contribution in [0.4, 0.5) is 0 Å². The van der Waals surface area contributed by atoms with Gasteiger partial charge in [-0.25, -0.2) is 4.98 Å². The minimum Gasteiger partial charge on any atom is -0.330 e. The maximum atomic E-state index is 11.4. The standard InChI is InChI=1S/C9H9BrN2OS/c10-6-5-11-8(14-6)9-2-1-3-12(9)7(13)4-9/h5H,1-4H2. The van der Waals surface area contributed by atoms with E-state index in [2.05, 4.69) is 20.9 Å². The van der Waals surface area contributed by atoms with Crippen LogP contribution in [-0.4, -0.2) is 22.3 Å². The van der Waals surface area contributed by atoms with Crippen molar-refractivity contribution in [1.82, 2.24) is 9.88 Å². The molecule has 0 aromatic carbocycles. The second kappa shape index (κ2) is 2.79. The Hall–Kier alpha value is -0.420. The Morgan fingerprint density at radius 3 is 3.14 bits per heavy atom. The number of carbonyl (C=O) groups excluding carboxylic acids is 1. The molecule has 2 aliphatic heterocycles. The molecule has 1 aromatic heterocycles. The number of thiazole rings is 1. The summed E-state index contributed by atoms with van der Waals surface area (Å²) in [5.74, 6) is 0.286. The lowest BCUT2D eigenvalue weighted by Gasteiger charge is -2.45. The fraction of sp³-hybridized carbons (Fsp3) is 0.556. The van der Waals surface area contributed by atoms with Gasteiger partial charge in [0.25, 0.3) is 0 Å². The summed E-state index contributed by atoms with van der Waals surface area (Å²) in [5, 5.41) is 1.10. The smallest absolute Gasteiger partial charge is 0.226 e. The first kappa shape index (κ1) is 8.85. The molecule has 3 rings (SSSR count). The monoisotopic (exact) mass is 272 g/mol. The Labute approximate surface area is 94.3 Å². The number of β-lactam (4-membered cyclic amide) rings is 1. The summed E-state index contributed by atoms with van der Waals surface area (Å²) in [6, 6.07) is 0. The first-order chi connectivity index (χ1) is 6.72. The maximum absolute atomic E-state index is 11.4. The molecular formula is C9H9BrN2OS. The molecule has 14 heavy (non-hydrogen) atoms. The van der Waals surface area contributed by atoms with Crippen LogP contribution in [-0.2, 0) is 10.3 Å². The second-order valence-electron chi connectivity index (χ2n) is 3.83. The second-order valence-corrected chi connectivity index (χ2v) is 6.24. The third-order valence-electron chi connectivity index (χ3n) is 3.11. The zero-order chi connectivity index (χ0) is 9.76. The molecule has 1 amide bonds. The van der Waals surface area contributed by atoms with Gasteiger partial charge in [-0.3, -0.25) is 4.79 Å². The number of hydrogen-bond acceptors (Lipinski definition) is 3. The van der Waals surface area contributed by atoms with E-state index in [0.29, 0.717) is 6.42 Å². The molecule has 0 spiro atoms. The quantitative estimate of drug-likeness (QED) is 0.734. The van der Waals surface area contributed by atoms with E-state index >= 15 is 0 Å². The molecule has 1 aromatic rings. The van der Waals surface area contributed by atoms with Crippen LogP contribution < -0.4 is 0 Å². The minimum absolute atomic E-state index is 0.0201. The molecule has 5 heteroatoms. The molecule has 0 radical (unpaired) electrons. The molecule has 0 N–H and O–H groups in total. The van der Waals surface area contributed by atoms with E-state index in [1.54, 1.807) is 11.3 Å². The molecule has 1 unspecified atom stereocenters. The van der Waals surface area contributed by atoms with E-state index in [9.17, 15) is 4.79 Å². The minimum atomic E-state index is -0.0201. The Morgan fingerprint density at radius 1 is 1.64 bits per heavy atom. The van der Waals surface area contributed by atoms with Gasteiger partial charge in [0.2, 0.25) is 5.91 Å². The molecule has 3 nitrogen and oxygen atoms in total. The predicted octanol–water partition coefficient (Wildman–Crippen LogP) is 2.13. The van der Waals surface area contributed by atoms with Crippen LogP contribution in [0.2, 0.25) is 0 Å². The number of nitrogens with zero attached hydrogens (tertiary/aromatic N) is 2. The summed E-state index contributed by atoms with van der Waals surface area (Å²) >= 11 is 5.07. The summed E-state index contributed by atoms with van der Waals surface area (Å²) < 4.78 is 1.05. The van der Waals surface area contributed by atoms with E-state index in [1.165, 1.54) is 0 Å². The van der Waals surface area contributed by atoms with Gasteiger partial charge in [-0.2, -0.15) is 0 Å². The van der Waals surface area contributed by atoms with Crippen LogP contribution in [0, 0.1) is 0 Å². The van der Waals surface area contributed by atoms with Crippen LogP contribution in [0.5, 0.6) is 0 Å². The average Bonchev–Trinajstić information content (AvgIpc) is 2.69. The lowest BCUT2D eigenvalue weighted by Crippen LogP contribution is -2.57. The SMILES string of the molecule is O=C1CC2(c3ncc(Br)s3)CCCN12. The van der Waals surface area contributed by atoms with Gasteiger partial charge in [-0.1, -0.05) is 0 Å². The summed E-state index contributed by atoms with van der Waals surface area (Å²) in [6.07, 6.45) is 4.68. The van der Waals surface area contributed by atoms with Gasteiger partial charge >= 0.3 is 0 Å². The zero-order valence-corrected chi connectivity index (χ0v) is 9.90. The third-order valence-corrected chi connectivity index (χ3v) is 4.78. The fourth-order valence-corrected chi connectivity index (χ4v) is 3.88. The van der Waals surface area contributed by atoms with Crippen LogP contribution in [0.15, 0.2) is 9.98 Å². The van der Waals surface area contributed by atoms with Gasteiger partial charge in [-0.05, 0) is 28.8 Å². The van der Waals surface area contributed by atoms with Crippen molar-refractivity contribution < 1.29 is 4.79 Å². The summed E-state index contributed by atoms with van der Waals surface area (Å²) in [4.78, 5) is 17.8. The maximum Gasteiger partial charge on any atom is 0.226 e. The summed E-state index contributed by atoms with van der Waals surface area (Å²) in [7, 11) is 0. The molecule has 2 aliphatic rings. The van der Waals surface area contributed by atoms with Crippen molar-refractivity contribution >= 4 is 33.2 Å². The predicted molar refractivity (Wildman–Crippen MR) is 57.1 cm³/mol. The Morgan fingerprint density at radius 2 is 2.50 bits per heavy atom. The number of amides is 1. The van der Waals surface area contributed by atoms with Gasteiger partial charge < -0.3 is 4.90 Å². The van der Waals surface area contributed by atoms with Crippen molar-refractivity contribution in [3.63, 3.8) is 0 Å². The molecule has 74 valence electrons. The first-order valence-electron chi connectivity index (χ1n) is 4.65. The molecular weight excluding hydrogens is 264 g/mol. The number of fused-ring (bicyclic) bond motifs is 1. The van der Waals surface area contributed by atoms with Crippen molar-refractivity contribution in [2.45, 2.75) is 24.8 Å². The third kappa shape index (κ3) is 0.969. The van der Waals surface area contributed by atoms with E-state index in [1.807, 2.05) is 11.1 Å². The number of rotatable bonds is 1. The van der Waals surface area contributed by atoms with Crippen molar-refractivity contribution in [3.05, 3.63) is 15.0 Å². The van der Waals surface area contributed by atoms with Crippen LogP contribution >= 0.6 is 27.3 Å². The molecule has 2 fully saturated rings. The van der Waals surface area contributed by atoms with E-state index < -0.39 is 0 Å². The van der Waals surface area contributed by atoms with Gasteiger partial charge in [0.05, 0.1) is 16.4 Å². The zero-order valence-electron chi connectivity index (χ0n) is 7.49. The highest BCUT2D eigenvalue weighted by atomic mass is 79.9. The normalized spacial score (nSPS) is 30.4. The van der Waals surface area contributed by atoms with Crippen molar-refractivity contribution in [2.24, 2.45) is 0 Å². The molecule has 0 bridgehead atoms. The van der Waals surface area contributed by atoms with Gasteiger partial charge in [-0.15, -0.1) is 11.3 Å². The van der Waals surface area contributed by atoms with E-state index in [-0.39, 0.29) is 11.4 Å². The number of halogens is 1. The van der Waals surface area contributed by atoms with Gasteiger partial charge in [0.15, 0.2) is 0 Å². The highest BCUT2D eigenvalue weighted by Crippen LogP contribution is 2.50. The lowest BCUT2D eigenvalue weighted by molar-refractivity contribution is -0.153. The van der Waals surface area contributed by atoms with Gasteiger partial charge in [0.1, 0.15) is 10.5 Å². The molecule has 0 saturated carbocycles. The number of hydrogen-bond donors (Lipinski definition) is 0. The topological polar surface area (TPSA) is 33.2 Å². The fourth-order valence-electron chi connectivity index (χ4n) is 2.45. The summed E-state index contributed by atoms with van der Waals surface area (Å²) in [6.45, 7) is 0.913. The van der Waals surface area contributed by atoms with E-state index in [0.717, 1.165) is 28.2 Å². The van der Waals surface area contributed by atoms with Crippen molar-refractivity contribution in [1.29, 1.82) is 0 Å². The first-order valence-corrected chi connectivity index (χ1v) is 6.26. The van der Waals surface area contributed by atoms with Crippen molar-refractivity contribution in [2.75, 3.05) is 6.54 Å². The van der Waals surface area contributed by atoms with Crippen LogP contribution in [0.1, 0.15) is 24.3 Å². The molecule has 1 atom stereocenters. The van der Waals surface area contributed by atoms with Crippen LogP contribution in [0.25, 0.3) is 0 Å². The molecule has 3 heterocycles. The van der Waals surface area contributed by atoms with Crippen LogP contribution in [0.3, 0.4) is 0 Å². The number of aromatic nitrogens is 1.